The Labute approximate surface area is 135 Å². The minimum atomic E-state index is 0.191. The Hall–Kier alpha value is -0.730. The first-order chi connectivity index (χ1) is 9.83. The number of benzene rings is 1. The smallest absolute Gasteiger partial charge is 0.0459 e. The number of hydrogen-bond acceptors (Lipinski definition) is 2. The molecule has 0 fully saturated rings. The molecular formula is C18H31ClN2. The maximum atomic E-state index is 6.47. The summed E-state index contributed by atoms with van der Waals surface area (Å²) >= 11 is 6.47. The molecule has 0 saturated heterocycles. The first kappa shape index (κ1) is 18.3. The maximum absolute atomic E-state index is 6.47. The summed E-state index contributed by atoms with van der Waals surface area (Å²) in [5, 5.41) is 0.842. The number of rotatable bonds is 8. The van der Waals surface area contributed by atoms with Gasteiger partial charge in [-0.15, -0.1) is 0 Å². The van der Waals surface area contributed by atoms with Gasteiger partial charge in [0.1, 0.15) is 0 Å². The van der Waals surface area contributed by atoms with Crippen LogP contribution in [0.1, 0.15) is 46.6 Å². The van der Waals surface area contributed by atoms with Crippen molar-refractivity contribution in [3.8, 4) is 0 Å². The maximum Gasteiger partial charge on any atom is 0.0459 e. The molecule has 0 amide bonds. The molecule has 0 heterocycles. The molecule has 0 radical (unpaired) electrons. The fourth-order valence-corrected chi connectivity index (χ4v) is 2.74. The summed E-state index contributed by atoms with van der Waals surface area (Å²) in [6.07, 6.45) is 1.83. The van der Waals surface area contributed by atoms with E-state index in [0.29, 0.717) is 11.8 Å². The Bertz CT molecular complexity index is 419. The summed E-state index contributed by atoms with van der Waals surface area (Å²) in [4.78, 5) is 2.44. The molecule has 3 heteroatoms. The van der Waals surface area contributed by atoms with Crippen LogP contribution in [0.25, 0.3) is 0 Å². The van der Waals surface area contributed by atoms with Crippen molar-refractivity contribution in [2.24, 2.45) is 17.6 Å². The van der Waals surface area contributed by atoms with Crippen LogP contribution in [-0.2, 0) is 6.42 Å². The number of anilines is 1. The van der Waals surface area contributed by atoms with E-state index < -0.39 is 0 Å². The van der Waals surface area contributed by atoms with Crippen molar-refractivity contribution in [1.82, 2.24) is 0 Å². The normalized spacial score (nSPS) is 13.0. The molecule has 21 heavy (non-hydrogen) atoms. The molecule has 1 aromatic carbocycles. The molecule has 1 atom stereocenters. The van der Waals surface area contributed by atoms with E-state index in [1.54, 1.807) is 0 Å². The van der Waals surface area contributed by atoms with Gasteiger partial charge in [-0.3, -0.25) is 0 Å². The van der Waals surface area contributed by atoms with Crippen LogP contribution in [0.15, 0.2) is 18.2 Å². The molecule has 0 aliphatic heterocycles. The van der Waals surface area contributed by atoms with Crippen LogP contribution in [0.3, 0.4) is 0 Å². The molecular weight excluding hydrogens is 280 g/mol. The predicted molar refractivity (Wildman–Crippen MR) is 95.3 cm³/mol. The van der Waals surface area contributed by atoms with E-state index in [1.807, 2.05) is 0 Å². The average molecular weight is 311 g/mol. The van der Waals surface area contributed by atoms with Crippen molar-refractivity contribution >= 4 is 17.3 Å². The Morgan fingerprint density at radius 1 is 1.10 bits per heavy atom. The summed E-state index contributed by atoms with van der Waals surface area (Å²) in [6.45, 7) is 13.2. The highest BCUT2D eigenvalue weighted by Gasteiger charge is 2.13. The van der Waals surface area contributed by atoms with Crippen molar-refractivity contribution in [2.75, 3.05) is 18.0 Å². The summed E-state index contributed by atoms with van der Waals surface area (Å²) in [5.74, 6) is 1.27. The lowest BCUT2D eigenvalue weighted by molar-refractivity contribution is 0.552. The Balaban J connectivity index is 2.92. The highest BCUT2D eigenvalue weighted by atomic mass is 35.5. The van der Waals surface area contributed by atoms with Crippen molar-refractivity contribution in [1.29, 1.82) is 0 Å². The molecule has 0 bridgehead atoms. The molecule has 0 spiro atoms. The lowest BCUT2D eigenvalue weighted by atomic mass is 10.0. The van der Waals surface area contributed by atoms with Crippen LogP contribution in [-0.4, -0.2) is 19.1 Å². The summed E-state index contributed by atoms with van der Waals surface area (Å²) in [6, 6.07) is 6.62. The van der Waals surface area contributed by atoms with Gasteiger partial charge in [-0.2, -0.15) is 0 Å². The van der Waals surface area contributed by atoms with Crippen LogP contribution < -0.4 is 10.6 Å². The van der Waals surface area contributed by atoms with Crippen LogP contribution in [0, 0.1) is 11.8 Å². The van der Waals surface area contributed by atoms with E-state index in [2.05, 4.69) is 57.7 Å². The second-order valence-corrected chi connectivity index (χ2v) is 7.25. The Morgan fingerprint density at radius 2 is 1.67 bits per heavy atom. The highest BCUT2D eigenvalue weighted by molar-refractivity contribution is 6.31. The lowest BCUT2D eigenvalue weighted by Gasteiger charge is -2.29. The molecule has 2 nitrogen and oxygen atoms in total. The molecule has 1 unspecified atom stereocenters. The Morgan fingerprint density at radius 3 is 2.10 bits per heavy atom. The highest BCUT2D eigenvalue weighted by Crippen LogP contribution is 2.26. The molecule has 120 valence electrons. The van der Waals surface area contributed by atoms with Crippen LogP contribution in [0.5, 0.6) is 0 Å². The van der Waals surface area contributed by atoms with E-state index in [9.17, 15) is 0 Å². The van der Waals surface area contributed by atoms with E-state index in [4.69, 9.17) is 17.3 Å². The number of halogens is 1. The van der Waals surface area contributed by atoms with Crippen molar-refractivity contribution in [2.45, 2.75) is 53.5 Å². The van der Waals surface area contributed by atoms with Crippen molar-refractivity contribution < 1.29 is 0 Å². The monoisotopic (exact) mass is 310 g/mol. The van der Waals surface area contributed by atoms with Crippen LogP contribution >= 0.6 is 11.6 Å². The zero-order valence-electron chi connectivity index (χ0n) is 14.2. The molecule has 0 aromatic heterocycles. The van der Waals surface area contributed by atoms with Crippen LogP contribution in [0.4, 0.5) is 5.69 Å². The minimum absolute atomic E-state index is 0.191. The topological polar surface area (TPSA) is 29.3 Å². The van der Waals surface area contributed by atoms with Gasteiger partial charge in [-0.25, -0.2) is 0 Å². The summed E-state index contributed by atoms with van der Waals surface area (Å²) in [5.41, 5.74) is 8.41. The van der Waals surface area contributed by atoms with E-state index in [-0.39, 0.29) is 6.04 Å². The number of nitrogens with two attached hydrogens (primary N) is 1. The predicted octanol–water partition coefficient (Wildman–Crippen LogP) is 4.74. The second-order valence-electron chi connectivity index (χ2n) is 6.84. The van der Waals surface area contributed by atoms with Gasteiger partial charge in [0.2, 0.25) is 0 Å². The summed E-state index contributed by atoms with van der Waals surface area (Å²) in [7, 11) is 0. The van der Waals surface area contributed by atoms with Gasteiger partial charge >= 0.3 is 0 Å². The van der Waals surface area contributed by atoms with Crippen molar-refractivity contribution in [3.63, 3.8) is 0 Å². The van der Waals surface area contributed by atoms with Gasteiger partial charge < -0.3 is 10.6 Å². The molecule has 0 aliphatic carbocycles. The van der Waals surface area contributed by atoms with Crippen molar-refractivity contribution in [3.05, 3.63) is 28.8 Å². The largest absolute Gasteiger partial charge is 0.371 e. The van der Waals surface area contributed by atoms with E-state index in [0.717, 1.165) is 36.5 Å². The van der Waals surface area contributed by atoms with Crippen LogP contribution in [0.2, 0.25) is 5.02 Å². The standard InChI is InChI=1S/C18H31ClN2/c1-6-16(20)9-15-7-8-17(10-18(15)19)21(11-13(2)3)12-14(4)5/h7-8,10,13-14,16H,6,9,11-12,20H2,1-5H3. The first-order valence-corrected chi connectivity index (χ1v) is 8.50. The average Bonchev–Trinajstić information content (AvgIpc) is 2.39. The quantitative estimate of drug-likeness (QED) is 0.751. The van der Waals surface area contributed by atoms with Gasteiger partial charge in [-0.1, -0.05) is 52.3 Å². The minimum Gasteiger partial charge on any atom is -0.371 e. The molecule has 1 aromatic rings. The molecule has 0 aliphatic rings. The third kappa shape index (κ3) is 6.27. The second kappa shape index (κ2) is 8.65. The third-order valence-electron chi connectivity index (χ3n) is 3.58. The van der Waals surface area contributed by atoms with Gasteiger partial charge in [-0.05, 0) is 42.4 Å². The third-order valence-corrected chi connectivity index (χ3v) is 3.93. The molecule has 2 N–H and O–H groups in total. The van der Waals surface area contributed by atoms with Gasteiger partial charge in [0.05, 0.1) is 0 Å². The zero-order valence-corrected chi connectivity index (χ0v) is 15.0. The fourth-order valence-electron chi connectivity index (χ4n) is 2.49. The summed E-state index contributed by atoms with van der Waals surface area (Å²) < 4.78 is 0. The first-order valence-electron chi connectivity index (χ1n) is 8.12. The van der Waals surface area contributed by atoms with Gasteiger partial charge in [0, 0.05) is 29.8 Å². The SMILES string of the molecule is CCC(N)Cc1ccc(N(CC(C)C)CC(C)C)cc1Cl. The van der Waals surface area contributed by atoms with Gasteiger partial charge in [0.25, 0.3) is 0 Å². The number of nitrogens with zero attached hydrogens (tertiary/aromatic N) is 1. The zero-order chi connectivity index (χ0) is 16.0. The Kier molecular flexibility index (Phi) is 7.55. The molecule has 0 saturated carbocycles. The number of hydrogen-bond donors (Lipinski definition) is 1. The van der Waals surface area contributed by atoms with Gasteiger partial charge in [0.15, 0.2) is 0 Å². The molecule has 1 rings (SSSR count). The van der Waals surface area contributed by atoms with E-state index >= 15 is 0 Å². The van der Waals surface area contributed by atoms with E-state index in [1.165, 1.54) is 5.69 Å². The fraction of sp³-hybridized carbons (Fsp3) is 0.667. The lowest BCUT2D eigenvalue weighted by Crippen LogP contribution is -2.31.